The molecule has 0 spiro atoms. The molecular formula is C27H26ClF3N6O4. The zero-order valence-electron chi connectivity index (χ0n) is 22.1. The second-order valence-corrected chi connectivity index (χ2v) is 10.8. The summed E-state index contributed by atoms with van der Waals surface area (Å²) in [5, 5.41) is 2.89. The number of benzene rings is 1. The molecule has 0 saturated carbocycles. The Hall–Kier alpha value is -3.68. The van der Waals surface area contributed by atoms with Crippen LogP contribution in [0.4, 0.5) is 35.4 Å². The highest BCUT2D eigenvalue weighted by atomic mass is 35.5. The summed E-state index contributed by atoms with van der Waals surface area (Å²) in [5.41, 5.74) is 0.132. The maximum absolute atomic E-state index is 13.6. The summed E-state index contributed by atoms with van der Waals surface area (Å²) in [6.45, 7) is 5.46. The lowest BCUT2D eigenvalue weighted by molar-refractivity contribution is -0.141. The highest BCUT2D eigenvalue weighted by Crippen LogP contribution is 2.43. The molecule has 10 nitrogen and oxygen atoms in total. The van der Waals surface area contributed by atoms with E-state index in [1.54, 1.807) is 12.1 Å². The van der Waals surface area contributed by atoms with Gasteiger partial charge in [0.05, 0.1) is 34.6 Å². The van der Waals surface area contributed by atoms with Gasteiger partial charge in [-0.15, -0.1) is 0 Å². The second kappa shape index (κ2) is 10.3. The van der Waals surface area contributed by atoms with E-state index in [4.69, 9.17) is 25.8 Å². The molecule has 3 aliphatic rings. The van der Waals surface area contributed by atoms with Gasteiger partial charge < -0.3 is 19.1 Å². The van der Waals surface area contributed by atoms with E-state index in [1.165, 1.54) is 23.2 Å². The second-order valence-electron chi connectivity index (χ2n) is 10.4. The molecule has 2 amide bonds. The normalized spacial score (nSPS) is 21.1. The Morgan fingerprint density at radius 2 is 2.07 bits per heavy atom. The van der Waals surface area contributed by atoms with Crippen molar-refractivity contribution in [1.29, 1.82) is 0 Å². The van der Waals surface area contributed by atoms with E-state index in [9.17, 15) is 18.0 Å². The van der Waals surface area contributed by atoms with Gasteiger partial charge in [0.1, 0.15) is 12.7 Å². The van der Waals surface area contributed by atoms with Crippen LogP contribution in [0.25, 0.3) is 11.3 Å². The molecule has 1 aromatic carbocycles. The number of carbonyl (C=O) groups is 1. The van der Waals surface area contributed by atoms with E-state index in [0.717, 1.165) is 12.1 Å². The van der Waals surface area contributed by atoms with Crippen molar-refractivity contribution >= 4 is 35.1 Å². The third kappa shape index (κ3) is 5.61. The van der Waals surface area contributed by atoms with Gasteiger partial charge in [-0.3, -0.25) is 10.2 Å². The van der Waals surface area contributed by atoms with Crippen LogP contribution in [-0.4, -0.2) is 65.2 Å². The number of pyridine rings is 1. The Labute approximate surface area is 238 Å². The minimum Gasteiger partial charge on any atom is -0.475 e. The van der Waals surface area contributed by atoms with Gasteiger partial charge in [-0.1, -0.05) is 23.7 Å². The molecule has 2 saturated heterocycles. The third-order valence-electron chi connectivity index (χ3n) is 7.05. The number of rotatable bonds is 5. The SMILES string of the molecule is CC1(C)OC[C@H](COc2ccnc(NC(=O)N3c4nc(-c5cccc(C(F)(F)F)c5)c(Cl)cc4N4CC[C@H]3C4)n2)O1. The van der Waals surface area contributed by atoms with Crippen molar-refractivity contribution in [3.05, 3.63) is 53.2 Å². The fourth-order valence-corrected chi connectivity index (χ4v) is 5.45. The Kier molecular flexibility index (Phi) is 6.91. The maximum atomic E-state index is 13.6. The molecule has 3 aromatic rings. The maximum Gasteiger partial charge on any atom is 0.416 e. The summed E-state index contributed by atoms with van der Waals surface area (Å²) >= 11 is 6.52. The first-order chi connectivity index (χ1) is 19.5. The predicted molar refractivity (Wildman–Crippen MR) is 144 cm³/mol. The number of nitrogens with one attached hydrogen (secondary N) is 1. The fraction of sp³-hybridized carbons (Fsp3) is 0.407. The first-order valence-corrected chi connectivity index (χ1v) is 13.4. The molecule has 2 atom stereocenters. The number of fused-ring (bicyclic) bond motifs is 4. The number of hydrogen-bond acceptors (Lipinski definition) is 8. The first kappa shape index (κ1) is 27.5. The molecule has 2 fully saturated rings. The number of hydrogen-bond donors (Lipinski definition) is 1. The molecule has 2 bridgehead atoms. The zero-order chi connectivity index (χ0) is 28.9. The Morgan fingerprint density at radius 1 is 1.24 bits per heavy atom. The Balaban J connectivity index is 1.25. The van der Waals surface area contributed by atoms with Gasteiger partial charge in [0.2, 0.25) is 11.8 Å². The van der Waals surface area contributed by atoms with E-state index in [0.29, 0.717) is 37.6 Å². The topological polar surface area (TPSA) is 102 Å². The van der Waals surface area contributed by atoms with Crippen LogP contribution in [0.3, 0.4) is 0 Å². The van der Waals surface area contributed by atoms with Crippen molar-refractivity contribution in [2.45, 2.75) is 44.4 Å². The van der Waals surface area contributed by atoms with Gasteiger partial charge in [0.25, 0.3) is 0 Å². The standard InChI is InChI=1S/C27H26ClF3N6O4/c1-26(2)40-14-18(41-26)13-39-21-6-8-32-24(33-21)35-25(38)37-17-7-9-36(12-17)20-11-19(28)22(34-23(20)37)15-4-3-5-16(10-15)27(29,30)31/h3-6,8,10-11,17-18H,7,9,12-14H2,1-2H3,(H,32,33,35,38)/t17-,18-/m0/s1. The summed E-state index contributed by atoms with van der Waals surface area (Å²) in [7, 11) is 0. The van der Waals surface area contributed by atoms with Crippen LogP contribution in [0.2, 0.25) is 5.02 Å². The third-order valence-corrected chi connectivity index (χ3v) is 7.34. The molecule has 5 heterocycles. The van der Waals surface area contributed by atoms with Gasteiger partial charge in [-0.05, 0) is 38.5 Å². The fourth-order valence-electron chi connectivity index (χ4n) is 5.19. The van der Waals surface area contributed by atoms with Crippen molar-refractivity contribution in [3.8, 4) is 17.1 Å². The lowest BCUT2D eigenvalue weighted by atomic mass is 10.1. The minimum atomic E-state index is -4.53. The summed E-state index contributed by atoms with van der Waals surface area (Å²) in [6, 6.07) is 7.23. The summed E-state index contributed by atoms with van der Waals surface area (Å²) in [5.74, 6) is -0.128. The highest BCUT2D eigenvalue weighted by molar-refractivity contribution is 6.33. The Bertz CT molecular complexity index is 1490. The van der Waals surface area contributed by atoms with Crippen molar-refractivity contribution < 1.29 is 32.2 Å². The number of aromatic nitrogens is 3. The number of nitrogens with zero attached hydrogens (tertiary/aromatic N) is 5. The number of carbonyl (C=O) groups excluding carboxylic acids is 1. The van der Waals surface area contributed by atoms with Gasteiger partial charge in [0, 0.05) is 30.9 Å². The highest BCUT2D eigenvalue weighted by Gasteiger charge is 2.41. The largest absolute Gasteiger partial charge is 0.475 e. The molecule has 216 valence electrons. The molecule has 1 N–H and O–H groups in total. The molecule has 14 heteroatoms. The number of ether oxygens (including phenoxy) is 3. The molecule has 0 radical (unpaired) electrons. The summed E-state index contributed by atoms with van der Waals surface area (Å²) < 4.78 is 57.1. The van der Waals surface area contributed by atoms with Gasteiger partial charge in [0.15, 0.2) is 11.6 Å². The molecule has 6 rings (SSSR count). The van der Waals surface area contributed by atoms with Crippen LogP contribution >= 0.6 is 11.6 Å². The molecule has 3 aliphatic heterocycles. The van der Waals surface area contributed by atoms with Gasteiger partial charge in [-0.25, -0.2) is 14.8 Å². The van der Waals surface area contributed by atoms with E-state index in [1.807, 2.05) is 13.8 Å². The predicted octanol–water partition coefficient (Wildman–Crippen LogP) is 5.37. The Morgan fingerprint density at radius 3 is 2.83 bits per heavy atom. The average Bonchev–Trinajstić information content (AvgIpc) is 3.50. The summed E-state index contributed by atoms with van der Waals surface area (Å²) in [6.07, 6.45) is -2.67. The smallest absolute Gasteiger partial charge is 0.416 e. The number of amides is 2. The zero-order valence-corrected chi connectivity index (χ0v) is 22.9. The van der Waals surface area contributed by atoms with Crippen LogP contribution in [-0.2, 0) is 15.7 Å². The first-order valence-electron chi connectivity index (χ1n) is 13.0. The minimum absolute atomic E-state index is 0.0189. The molecule has 41 heavy (non-hydrogen) atoms. The molecular weight excluding hydrogens is 565 g/mol. The van der Waals surface area contributed by atoms with E-state index >= 15 is 0 Å². The van der Waals surface area contributed by atoms with E-state index < -0.39 is 23.6 Å². The van der Waals surface area contributed by atoms with Crippen LogP contribution in [0.1, 0.15) is 25.8 Å². The van der Waals surface area contributed by atoms with Crippen LogP contribution in [0.5, 0.6) is 5.88 Å². The van der Waals surface area contributed by atoms with Crippen molar-refractivity contribution in [1.82, 2.24) is 15.0 Å². The summed E-state index contributed by atoms with van der Waals surface area (Å²) in [4.78, 5) is 30.2. The lowest BCUT2D eigenvalue weighted by Gasteiger charge is -2.36. The molecule has 0 unspecified atom stereocenters. The quantitative estimate of drug-likeness (QED) is 0.423. The number of halogens is 4. The molecule has 2 aromatic heterocycles. The lowest BCUT2D eigenvalue weighted by Crippen LogP contribution is -2.48. The van der Waals surface area contributed by atoms with Crippen molar-refractivity contribution in [2.24, 2.45) is 0 Å². The van der Waals surface area contributed by atoms with E-state index in [-0.39, 0.29) is 46.9 Å². The number of alkyl halides is 3. The van der Waals surface area contributed by atoms with Crippen LogP contribution in [0, 0.1) is 0 Å². The van der Waals surface area contributed by atoms with Crippen molar-refractivity contribution in [2.75, 3.05) is 41.4 Å². The molecule has 0 aliphatic carbocycles. The van der Waals surface area contributed by atoms with Crippen LogP contribution in [0.15, 0.2) is 42.6 Å². The monoisotopic (exact) mass is 590 g/mol. The van der Waals surface area contributed by atoms with Crippen molar-refractivity contribution in [3.63, 3.8) is 0 Å². The number of urea groups is 1. The number of anilines is 3. The van der Waals surface area contributed by atoms with Gasteiger partial charge in [-0.2, -0.15) is 18.2 Å². The van der Waals surface area contributed by atoms with Gasteiger partial charge >= 0.3 is 12.2 Å². The average molecular weight is 591 g/mol. The van der Waals surface area contributed by atoms with E-state index in [2.05, 4.69) is 25.2 Å². The van der Waals surface area contributed by atoms with Crippen LogP contribution < -0.4 is 19.9 Å².